The van der Waals surface area contributed by atoms with E-state index in [0.29, 0.717) is 16.0 Å². The number of nitrogens with zero attached hydrogens (tertiary/aromatic N) is 5. The molecule has 1 N–H and O–H groups in total. The number of hydrogen-bond acceptors (Lipinski definition) is 5. The normalized spacial score (nSPS) is 11.7. The van der Waals surface area contributed by atoms with Crippen LogP contribution in [-0.2, 0) is 6.54 Å². The number of rotatable bonds is 4. The smallest absolute Gasteiger partial charge is 0.265 e. The molecular formula is C18H14Cl2N6. The second-order valence-electron chi connectivity index (χ2n) is 5.61. The standard InChI is InChI=1S/C18H14Cl2N6/c1-2-26-15-6-4-3-5-12(15)16-17(26)22-18(25-23-16)24-21-10-11-7-8-13(19)14(20)9-11/h3-10H,2H2,1H3,(H,22,24,25)/b21-10+. The van der Waals surface area contributed by atoms with Crippen LogP contribution in [0.4, 0.5) is 5.95 Å². The summed E-state index contributed by atoms with van der Waals surface area (Å²) in [6.07, 6.45) is 1.62. The third-order valence-corrected chi connectivity index (χ3v) is 4.75. The maximum absolute atomic E-state index is 6.00. The zero-order valence-electron chi connectivity index (χ0n) is 13.8. The number of fused-ring (bicyclic) bond motifs is 3. The predicted molar refractivity (Wildman–Crippen MR) is 106 cm³/mol. The van der Waals surface area contributed by atoms with Gasteiger partial charge in [0.05, 0.1) is 21.8 Å². The second-order valence-corrected chi connectivity index (χ2v) is 6.43. The van der Waals surface area contributed by atoms with Gasteiger partial charge in [0, 0.05) is 11.9 Å². The SMILES string of the molecule is CCn1c2ccccc2c2nnc(N/N=C/c3ccc(Cl)c(Cl)c3)nc21. The van der Waals surface area contributed by atoms with E-state index < -0.39 is 0 Å². The van der Waals surface area contributed by atoms with Crippen LogP contribution in [0.15, 0.2) is 47.6 Å². The average molecular weight is 385 g/mol. The predicted octanol–water partition coefficient (Wildman–Crippen LogP) is 4.75. The Bertz CT molecular complexity index is 1140. The fourth-order valence-electron chi connectivity index (χ4n) is 2.83. The van der Waals surface area contributed by atoms with E-state index in [1.165, 1.54) is 0 Å². The van der Waals surface area contributed by atoms with Gasteiger partial charge in [-0.25, -0.2) is 5.43 Å². The summed E-state index contributed by atoms with van der Waals surface area (Å²) >= 11 is 11.9. The Labute approximate surface area is 159 Å². The zero-order chi connectivity index (χ0) is 18.1. The molecule has 0 spiro atoms. The molecule has 0 aliphatic heterocycles. The van der Waals surface area contributed by atoms with Gasteiger partial charge in [0.1, 0.15) is 5.52 Å². The molecule has 0 unspecified atom stereocenters. The molecule has 0 bridgehead atoms. The van der Waals surface area contributed by atoms with Gasteiger partial charge in [0.25, 0.3) is 5.95 Å². The van der Waals surface area contributed by atoms with E-state index in [9.17, 15) is 0 Å². The third kappa shape index (κ3) is 2.98. The number of benzene rings is 2. The molecule has 0 aliphatic rings. The van der Waals surface area contributed by atoms with Crippen LogP contribution in [0.5, 0.6) is 0 Å². The highest BCUT2D eigenvalue weighted by Gasteiger charge is 2.13. The summed E-state index contributed by atoms with van der Waals surface area (Å²) in [6.45, 7) is 2.86. The highest BCUT2D eigenvalue weighted by Crippen LogP contribution is 2.26. The summed E-state index contributed by atoms with van der Waals surface area (Å²) in [5.74, 6) is 0.325. The Balaban J connectivity index is 1.66. The van der Waals surface area contributed by atoms with Crippen molar-refractivity contribution in [2.24, 2.45) is 5.10 Å². The summed E-state index contributed by atoms with van der Waals surface area (Å²) in [5.41, 5.74) is 6.26. The maximum atomic E-state index is 6.00. The largest absolute Gasteiger partial charge is 0.324 e. The highest BCUT2D eigenvalue weighted by molar-refractivity contribution is 6.42. The Hall–Kier alpha value is -2.70. The van der Waals surface area contributed by atoms with Gasteiger partial charge in [-0.05, 0) is 30.7 Å². The molecule has 0 fully saturated rings. The van der Waals surface area contributed by atoms with Gasteiger partial charge in [-0.2, -0.15) is 10.1 Å². The summed E-state index contributed by atoms with van der Waals surface area (Å²) in [7, 11) is 0. The van der Waals surface area contributed by atoms with Crippen molar-refractivity contribution >= 4 is 57.4 Å². The Morgan fingerprint density at radius 1 is 1.12 bits per heavy atom. The van der Waals surface area contributed by atoms with Crippen molar-refractivity contribution in [1.82, 2.24) is 19.7 Å². The first-order chi connectivity index (χ1) is 12.7. The van der Waals surface area contributed by atoms with Crippen LogP contribution in [0, 0.1) is 0 Å². The van der Waals surface area contributed by atoms with Crippen molar-refractivity contribution < 1.29 is 0 Å². The molecule has 4 rings (SSSR count). The van der Waals surface area contributed by atoms with E-state index in [1.54, 1.807) is 18.3 Å². The molecule has 0 amide bonds. The van der Waals surface area contributed by atoms with Crippen molar-refractivity contribution in [3.05, 3.63) is 58.1 Å². The summed E-state index contributed by atoms with van der Waals surface area (Å²) in [6, 6.07) is 13.3. The lowest BCUT2D eigenvalue weighted by Gasteiger charge is -2.02. The molecule has 130 valence electrons. The number of halogens is 2. The van der Waals surface area contributed by atoms with Crippen molar-refractivity contribution in [2.45, 2.75) is 13.5 Å². The quantitative estimate of drug-likeness (QED) is 0.407. The van der Waals surface area contributed by atoms with Crippen molar-refractivity contribution in [3.8, 4) is 0 Å². The van der Waals surface area contributed by atoms with Gasteiger partial charge >= 0.3 is 0 Å². The minimum atomic E-state index is 0.325. The zero-order valence-corrected chi connectivity index (χ0v) is 15.3. The molecule has 8 heteroatoms. The first-order valence-electron chi connectivity index (χ1n) is 8.03. The molecular weight excluding hydrogens is 371 g/mol. The van der Waals surface area contributed by atoms with E-state index >= 15 is 0 Å². The Morgan fingerprint density at radius 2 is 1.96 bits per heavy atom. The molecule has 0 radical (unpaired) electrons. The molecule has 0 aliphatic carbocycles. The average Bonchev–Trinajstić information content (AvgIpc) is 2.97. The van der Waals surface area contributed by atoms with Gasteiger partial charge in [-0.1, -0.05) is 47.5 Å². The molecule has 0 atom stereocenters. The van der Waals surface area contributed by atoms with Gasteiger partial charge in [0.2, 0.25) is 0 Å². The molecule has 2 aromatic heterocycles. The molecule has 4 aromatic rings. The molecule has 0 saturated heterocycles. The van der Waals surface area contributed by atoms with Crippen LogP contribution in [-0.4, -0.2) is 26.0 Å². The van der Waals surface area contributed by atoms with Gasteiger partial charge in [-0.15, -0.1) is 10.2 Å². The van der Waals surface area contributed by atoms with Gasteiger partial charge in [-0.3, -0.25) is 0 Å². The fourth-order valence-corrected chi connectivity index (χ4v) is 3.13. The summed E-state index contributed by atoms with van der Waals surface area (Å²) < 4.78 is 2.10. The minimum Gasteiger partial charge on any atom is -0.324 e. The third-order valence-electron chi connectivity index (χ3n) is 4.01. The minimum absolute atomic E-state index is 0.325. The van der Waals surface area contributed by atoms with Crippen LogP contribution in [0.3, 0.4) is 0 Å². The van der Waals surface area contributed by atoms with Crippen LogP contribution in [0.1, 0.15) is 12.5 Å². The molecule has 6 nitrogen and oxygen atoms in total. The summed E-state index contributed by atoms with van der Waals surface area (Å²) in [5, 5.41) is 14.6. The lowest BCUT2D eigenvalue weighted by molar-refractivity contribution is 0.811. The Morgan fingerprint density at radius 3 is 2.77 bits per heavy atom. The van der Waals surface area contributed by atoms with E-state index in [-0.39, 0.29) is 0 Å². The molecule has 2 aromatic carbocycles. The van der Waals surface area contributed by atoms with Crippen molar-refractivity contribution in [3.63, 3.8) is 0 Å². The Kier molecular flexibility index (Phi) is 4.44. The maximum Gasteiger partial charge on any atom is 0.265 e. The van der Waals surface area contributed by atoms with Crippen molar-refractivity contribution in [1.29, 1.82) is 0 Å². The highest BCUT2D eigenvalue weighted by atomic mass is 35.5. The fraction of sp³-hybridized carbons (Fsp3) is 0.111. The van der Waals surface area contributed by atoms with E-state index in [4.69, 9.17) is 23.2 Å². The lowest BCUT2D eigenvalue weighted by Crippen LogP contribution is -2.02. The van der Waals surface area contributed by atoms with E-state index in [2.05, 4.69) is 43.3 Å². The van der Waals surface area contributed by atoms with Crippen LogP contribution in [0.2, 0.25) is 10.0 Å². The lowest BCUT2D eigenvalue weighted by atomic mass is 10.2. The van der Waals surface area contributed by atoms with E-state index in [1.807, 2.05) is 24.3 Å². The first kappa shape index (κ1) is 16.8. The molecule has 2 heterocycles. The number of hydrazone groups is 1. The van der Waals surface area contributed by atoms with Crippen LogP contribution >= 0.6 is 23.2 Å². The van der Waals surface area contributed by atoms with Crippen LogP contribution in [0.25, 0.3) is 22.1 Å². The number of hydrogen-bond donors (Lipinski definition) is 1. The van der Waals surface area contributed by atoms with Crippen LogP contribution < -0.4 is 5.43 Å². The first-order valence-corrected chi connectivity index (χ1v) is 8.78. The number of aromatic nitrogens is 4. The molecule has 0 saturated carbocycles. The monoisotopic (exact) mass is 384 g/mol. The number of anilines is 1. The number of aryl methyl sites for hydroxylation is 1. The van der Waals surface area contributed by atoms with Gasteiger partial charge in [0.15, 0.2) is 5.65 Å². The number of para-hydroxylation sites is 1. The summed E-state index contributed by atoms with van der Waals surface area (Å²) in [4.78, 5) is 4.56. The van der Waals surface area contributed by atoms with E-state index in [0.717, 1.165) is 34.2 Å². The topological polar surface area (TPSA) is 68.0 Å². The number of nitrogens with one attached hydrogen (secondary N) is 1. The van der Waals surface area contributed by atoms with Gasteiger partial charge < -0.3 is 4.57 Å². The molecule has 26 heavy (non-hydrogen) atoms. The van der Waals surface area contributed by atoms with Crippen molar-refractivity contribution in [2.75, 3.05) is 5.43 Å². The second kappa shape index (κ2) is 6.90.